The van der Waals surface area contributed by atoms with E-state index >= 15 is 0 Å². The van der Waals surface area contributed by atoms with Crippen molar-refractivity contribution in [2.45, 2.75) is 20.1 Å². The molecule has 4 rings (SSSR count). The van der Waals surface area contributed by atoms with E-state index in [1.807, 2.05) is 31.2 Å². The minimum atomic E-state index is -0.371. The standard InChI is InChI=1S/C25H18Cl2FNO3S/c1-15-5-7-16(8-6-15)13-29-24(30)22(33-25(29)31)12-18-10-20(26)23(21(27)11-18)32-14-17-3-2-4-19(28)9-17/h2-12H,13-14H2,1H3/b22-12-. The highest BCUT2D eigenvalue weighted by Crippen LogP contribution is 2.38. The fourth-order valence-corrected chi connectivity index (χ4v) is 4.70. The Morgan fingerprint density at radius 1 is 1.00 bits per heavy atom. The lowest BCUT2D eigenvalue weighted by Crippen LogP contribution is -2.27. The average molecular weight is 502 g/mol. The molecule has 2 amide bonds. The molecule has 8 heteroatoms. The molecule has 1 aliphatic heterocycles. The second kappa shape index (κ2) is 10.00. The molecule has 1 fully saturated rings. The summed E-state index contributed by atoms with van der Waals surface area (Å²) in [7, 11) is 0. The number of hydrogen-bond donors (Lipinski definition) is 0. The summed E-state index contributed by atoms with van der Waals surface area (Å²) in [5, 5.41) is 0.145. The first-order chi connectivity index (χ1) is 15.8. The first-order valence-corrected chi connectivity index (χ1v) is 11.5. The van der Waals surface area contributed by atoms with Crippen molar-refractivity contribution < 1.29 is 18.7 Å². The van der Waals surface area contributed by atoms with Crippen molar-refractivity contribution in [1.29, 1.82) is 0 Å². The molecule has 33 heavy (non-hydrogen) atoms. The van der Waals surface area contributed by atoms with Gasteiger partial charge in [0.05, 0.1) is 21.5 Å². The monoisotopic (exact) mass is 501 g/mol. The molecule has 4 nitrogen and oxygen atoms in total. The van der Waals surface area contributed by atoms with Crippen LogP contribution in [0.25, 0.3) is 6.08 Å². The number of amides is 2. The molecular formula is C25H18Cl2FNO3S. The predicted octanol–water partition coefficient (Wildman–Crippen LogP) is 7.26. The van der Waals surface area contributed by atoms with Gasteiger partial charge in [0.15, 0.2) is 5.75 Å². The maximum atomic E-state index is 13.4. The Morgan fingerprint density at radius 3 is 2.36 bits per heavy atom. The van der Waals surface area contributed by atoms with Crippen LogP contribution in [0.5, 0.6) is 5.75 Å². The van der Waals surface area contributed by atoms with Gasteiger partial charge in [-0.3, -0.25) is 14.5 Å². The van der Waals surface area contributed by atoms with Gasteiger partial charge in [-0.05, 0) is 65.7 Å². The van der Waals surface area contributed by atoms with Crippen molar-refractivity contribution in [2.24, 2.45) is 0 Å². The van der Waals surface area contributed by atoms with Crippen molar-refractivity contribution in [1.82, 2.24) is 4.90 Å². The molecule has 0 aliphatic carbocycles. The van der Waals surface area contributed by atoms with Gasteiger partial charge in [0, 0.05) is 0 Å². The summed E-state index contributed by atoms with van der Waals surface area (Å²) in [6.45, 7) is 2.27. The van der Waals surface area contributed by atoms with Crippen molar-refractivity contribution in [3.63, 3.8) is 0 Å². The molecule has 0 bridgehead atoms. The van der Waals surface area contributed by atoms with E-state index in [1.54, 1.807) is 30.3 Å². The second-order valence-corrected chi connectivity index (χ2v) is 9.29. The van der Waals surface area contributed by atoms with Crippen molar-refractivity contribution in [3.05, 3.63) is 104 Å². The van der Waals surface area contributed by atoms with Crippen molar-refractivity contribution in [3.8, 4) is 5.75 Å². The fourth-order valence-electron chi connectivity index (χ4n) is 3.25. The lowest BCUT2D eigenvalue weighted by atomic mass is 10.1. The summed E-state index contributed by atoms with van der Waals surface area (Å²) in [6, 6.07) is 16.9. The molecule has 0 saturated carbocycles. The van der Waals surface area contributed by atoms with Gasteiger partial charge in [-0.2, -0.15) is 0 Å². The number of rotatable bonds is 6. The predicted molar refractivity (Wildman–Crippen MR) is 130 cm³/mol. The number of hydrogen-bond acceptors (Lipinski definition) is 4. The number of aryl methyl sites for hydroxylation is 1. The van der Waals surface area contributed by atoms with Crippen LogP contribution in [0.1, 0.15) is 22.3 Å². The van der Waals surface area contributed by atoms with Crippen LogP contribution >= 0.6 is 35.0 Å². The van der Waals surface area contributed by atoms with E-state index in [-0.39, 0.29) is 50.8 Å². The van der Waals surface area contributed by atoms with Crippen LogP contribution in [0, 0.1) is 12.7 Å². The van der Waals surface area contributed by atoms with E-state index in [2.05, 4.69) is 0 Å². The number of halogens is 3. The summed E-state index contributed by atoms with van der Waals surface area (Å²) >= 11 is 13.6. The molecule has 0 unspecified atom stereocenters. The van der Waals surface area contributed by atoms with Crippen molar-refractivity contribution >= 4 is 52.2 Å². The molecule has 0 radical (unpaired) electrons. The molecule has 0 spiro atoms. The van der Waals surface area contributed by atoms with Crippen molar-refractivity contribution in [2.75, 3.05) is 0 Å². The van der Waals surface area contributed by atoms with E-state index in [9.17, 15) is 14.0 Å². The number of ether oxygens (including phenoxy) is 1. The number of imide groups is 1. The third-order valence-corrected chi connectivity index (χ3v) is 6.39. The molecule has 1 aliphatic rings. The number of carbonyl (C=O) groups is 2. The smallest absolute Gasteiger partial charge is 0.293 e. The maximum absolute atomic E-state index is 13.4. The number of thioether (sulfide) groups is 1. The molecule has 1 saturated heterocycles. The Balaban J connectivity index is 1.49. The number of carbonyl (C=O) groups excluding carboxylic acids is 2. The van der Waals surface area contributed by atoms with Gasteiger partial charge in [-0.25, -0.2) is 4.39 Å². The van der Waals surface area contributed by atoms with Crippen LogP contribution in [0.3, 0.4) is 0 Å². The fraction of sp³-hybridized carbons (Fsp3) is 0.120. The molecule has 3 aromatic carbocycles. The van der Waals surface area contributed by atoms with Gasteiger partial charge in [0.1, 0.15) is 12.4 Å². The third kappa shape index (κ3) is 5.58. The Bertz CT molecular complexity index is 1240. The highest BCUT2D eigenvalue weighted by Gasteiger charge is 2.35. The normalized spacial score (nSPS) is 14.9. The lowest BCUT2D eigenvalue weighted by Gasteiger charge is -2.12. The maximum Gasteiger partial charge on any atom is 0.293 e. The van der Waals surface area contributed by atoms with Crippen LogP contribution in [0.2, 0.25) is 10.0 Å². The Hall–Kier alpha value is -2.80. The SMILES string of the molecule is Cc1ccc(CN2C(=O)S/C(=C\c3cc(Cl)c(OCc4cccc(F)c4)c(Cl)c3)C2=O)cc1. The largest absolute Gasteiger partial charge is 0.486 e. The second-order valence-electron chi connectivity index (χ2n) is 7.49. The summed E-state index contributed by atoms with van der Waals surface area (Å²) in [5.74, 6) is -0.476. The zero-order valence-electron chi connectivity index (χ0n) is 17.5. The molecule has 0 atom stereocenters. The molecule has 3 aromatic rings. The quantitative estimate of drug-likeness (QED) is 0.333. The number of nitrogens with zero attached hydrogens (tertiary/aromatic N) is 1. The summed E-state index contributed by atoms with van der Waals surface area (Å²) in [6.07, 6.45) is 1.58. The highest BCUT2D eigenvalue weighted by atomic mass is 35.5. The molecule has 0 aromatic heterocycles. The first-order valence-electron chi connectivity index (χ1n) is 9.97. The zero-order chi connectivity index (χ0) is 23.5. The van der Waals surface area contributed by atoms with E-state index in [0.717, 1.165) is 22.9 Å². The lowest BCUT2D eigenvalue weighted by molar-refractivity contribution is -0.123. The molecule has 0 N–H and O–H groups in total. The van der Waals surface area contributed by atoms with Gasteiger partial charge in [-0.1, -0.05) is 65.2 Å². The van der Waals surface area contributed by atoms with Gasteiger partial charge in [0.25, 0.3) is 11.1 Å². The third-order valence-electron chi connectivity index (χ3n) is 4.93. The van der Waals surface area contributed by atoms with Crippen LogP contribution in [0.15, 0.2) is 65.6 Å². The number of benzene rings is 3. The van der Waals surface area contributed by atoms with E-state index in [1.165, 1.54) is 17.0 Å². The van der Waals surface area contributed by atoms with Crippen LogP contribution in [-0.2, 0) is 17.9 Å². The van der Waals surface area contributed by atoms with Crippen LogP contribution in [-0.4, -0.2) is 16.0 Å². The van der Waals surface area contributed by atoms with Gasteiger partial charge in [0.2, 0.25) is 0 Å². The van der Waals surface area contributed by atoms with E-state index < -0.39 is 0 Å². The van der Waals surface area contributed by atoms with Crippen LogP contribution < -0.4 is 4.74 Å². The van der Waals surface area contributed by atoms with Crippen LogP contribution in [0.4, 0.5) is 9.18 Å². The molecule has 168 valence electrons. The topological polar surface area (TPSA) is 46.6 Å². The minimum absolute atomic E-state index is 0.0917. The first kappa shape index (κ1) is 23.4. The highest BCUT2D eigenvalue weighted by molar-refractivity contribution is 8.18. The average Bonchev–Trinajstić information content (AvgIpc) is 3.02. The Kier molecular flexibility index (Phi) is 7.08. The molecular weight excluding hydrogens is 484 g/mol. The molecule has 1 heterocycles. The summed E-state index contributed by atoms with van der Waals surface area (Å²) in [5.41, 5.74) is 3.16. The van der Waals surface area contributed by atoms with E-state index in [0.29, 0.717) is 11.1 Å². The van der Waals surface area contributed by atoms with Gasteiger partial charge < -0.3 is 4.74 Å². The van der Waals surface area contributed by atoms with E-state index in [4.69, 9.17) is 27.9 Å². The summed E-state index contributed by atoms with van der Waals surface area (Å²) in [4.78, 5) is 26.7. The summed E-state index contributed by atoms with van der Waals surface area (Å²) < 4.78 is 19.0. The Labute approximate surface area is 204 Å². The van der Waals surface area contributed by atoms with Gasteiger partial charge in [-0.15, -0.1) is 0 Å². The minimum Gasteiger partial charge on any atom is -0.486 e. The Morgan fingerprint density at radius 2 is 1.70 bits per heavy atom. The zero-order valence-corrected chi connectivity index (χ0v) is 19.8. The van der Waals surface area contributed by atoms with Gasteiger partial charge >= 0.3 is 0 Å².